The summed E-state index contributed by atoms with van der Waals surface area (Å²) in [5.41, 5.74) is 1.26. The number of rotatable bonds is 5. The van der Waals surface area contributed by atoms with Crippen LogP contribution in [-0.4, -0.2) is 26.5 Å². The van der Waals surface area contributed by atoms with Crippen molar-refractivity contribution in [1.29, 1.82) is 5.26 Å². The number of ether oxygens (including phenoxy) is 2. The van der Waals surface area contributed by atoms with Crippen molar-refractivity contribution in [3.05, 3.63) is 76.3 Å². The van der Waals surface area contributed by atoms with Crippen LogP contribution in [0.5, 0.6) is 17.6 Å². The lowest BCUT2D eigenvalue weighted by Crippen LogP contribution is -2.25. The number of hydrogen-bond acceptors (Lipinski definition) is 7. The lowest BCUT2D eigenvalue weighted by Gasteiger charge is -2.26. The molecule has 3 aromatic carbocycles. The van der Waals surface area contributed by atoms with Crippen molar-refractivity contribution in [3.8, 4) is 29.4 Å². The molecule has 0 aliphatic carbocycles. The largest absolute Gasteiger partial charge is 0.494 e. The number of fused-ring (bicyclic) bond motifs is 7. The molecule has 0 spiro atoms. The lowest BCUT2D eigenvalue weighted by molar-refractivity contribution is -0.0877. The zero-order valence-electron chi connectivity index (χ0n) is 20.4. The van der Waals surface area contributed by atoms with Crippen LogP contribution in [0.25, 0.3) is 27.4 Å². The Morgan fingerprint density at radius 1 is 1.05 bits per heavy atom. The van der Waals surface area contributed by atoms with Gasteiger partial charge in [-0.2, -0.15) is 5.26 Å². The molecule has 0 unspecified atom stereocenters. The van der Waals surface area contributed by atoms with E-state index in [0.29, 0.717) is 63.5 Å². The molecule has 1 fully saturated rings. The molecule has 38 heavy (non-hydrogen) atoms. The first-order chi connectivity index (χ1) is 18.3. The maximum absolute atomic E-state index is 11.6. The van der Waals surface area contributed by atoms with Crippen molar-refractivity contribution < 1.29 is 24.2 Å². The van der Waals surface area contributed by atoms with E-state index in [1.807, 2.05) is 31.2 Å². The Balaban J connectivity index is 1.28. The minimum absolute atomic E-state index is 0.0607. The van der Waals surface area contributed by atoms with Crippen molar-refractivity contribution in [2.75, 3.05) is 6.61 Å². The molecule has 7 rings (SSSR count). The third kappa shape index (κ3) is 3.03. The van der Waals surface area contributed by atoms with E-state index in [1.54, 1.807) is 30.3 Å². The van der Waals surface area contributed by atoms with Crippen LogP contribution in [0, 0.1) is 11.3 Å². The van der Waals surface area contributed by atoms with Gasteiger partial charge >= 0.3 is 0 Å². The van der Waals surface area contributed by atoms with E-state index in [2.05, 4.69) is 11.2 Å². The topological polar surface area (TPSA) is 114 Å². The molecule has 9 heteroatoms. The molecule has 0 radical (unpaired) electrons. The van der Waals surface area contributed by atoms with Crippen LogP contribution in [0.4, 0.5) is 0 Å². The number of aromatic hydroxyl groups is 2. The zero-order valence-corrected chi connectivity index (χ0v) is 21.1. The van der Waals surface area contributed by atoms with Gasteiger partial charge in [0.1, 0.15) is 5.60 Å². The van der Waals surface area contributed by atoms with Crippen molar-refractivity contribution in [2.24, 2.45) is 0 Å². The van der Waals surface area contributed by atoms with Gasteiger partial charge in [0.25, 0.3) is 5.88 Å². The Hall–Kier alpha value is -4.19. The van der Waals surface area contributed by atoms with E-state index < -0.39 is 11.2 Å². The predicted octanol–water partition coefficient (Wildman–Crippen LogP) is 6.41. The fourth-order valence-electron chi connectivity index (χ4n) is 6.22. The van der Waals surface area contributed by atoms with Crippen LogP contribution in [0.1, 0.15) is 42.9 Å². The number of nitriles is 1. The number of hydrogen-bond donors (Lipinski definition) is 2. The van der Waals surface area contributed by atoms with E-state index in [-0.39, 0.29) is 18.4 Å². The maximum atomic E-state index is 11.6. The summed E-state index contributed by atoms with van der Waals surface area (Å²) in [5, 5.41) is 39.4. The minimum Gasteiger partial charge on any atom is -0.494 e. The second kappa shape index (κ2) is 7.90. The number of halogens is 1. The summed E-state index contributed by atoms with van der Waals surface area (Å²) in [6, 6.07) is 18.3. The molecule has 5 aromatic rings. The van der Waals surface area contributed by atoms with Crippen LogP contribution in [0.3, 0.4) is 0 Å². The second-order valence-corrected chi connectivity index (χ2v) is 10.5. The Labute approximate surface area is 222 Å². The van der Waals surface area contributed by atoms with Crippen molar-refractivity contribution >= 4 is 33.3 Å². The number of aromatic nitrogens is 2. The minimum atomic E-state index is -0.837. The molecule has 4 heterocycles. The van der Waals surface area contributed by atoms with E-state index >= 15 is 0 Å². The predicted molar refractivity (Wildman–Crippen MR) is 140 cm³/mol. The smallest absolute Gasteiger partial charge is 0.262 e. The van der Waals surface area contributed by atoms with E-state index in [9.17, 15) is 15.5 Å². The van der Waals surface area contributed by atoms with Gasteiger partial charge in [-0.1, -0.05) is 35.9 Å². The van der Waals surface area contributed by atoms with Gasteiger partial charge in [0, 0.05) is 22.2 Å². The van der Waals surface area contributed by atoms with Gasteiger partial charge in [0.15, 0.2) is 5.58 Å². The first kappa shape index (κ1) is 23.0. The van der Waals surface area contributed by atoms with Crippen LogP contribution in [0.2, 0.25) is 5.02 Å². The Bertz CT molecular complexity index is 1820. The average Bonchev–Trinajstić information content (AvgIpc) is 3.62. The number of benzene rings is 3. The molecule has 2 atom stereocenters. The molecule has 0 saturated carbocycles. The molecule has 0 amide bonds. The summed E-state index contributed by atoms with van der Waals surface area (Å²) in [6.07, 6.45) is 1.78. The monoisotopic (exact) mass is 527 g/mol. The molecule has 2 aromatic heterocycles. The molecular formula is C29H22ClN3O5. The third-order valence-corrected chi connectivity index (χ3v) is 8.17. The summed E-state index contributed by atoms with van der Waals surface area (Å²) in [5.74, 6) is 0.204. The highest BCUT2D eigenvalue weighted by Gasteiger charge is 2.61. The average molecular weight is 528 g/mol. The highest BCUT2D eigenvalue weighted by atomic mass is 35.5. The molecule has 2 aliphatic heterocycles. The molecule has 1 saturated heterocycles. The molecule has 2 bridgehead atoms. The molecule has 2 N–H and O–H groups in total. The first-order valence-corrected chi connectivity index (χ1v) is 12.7. The lowest BCUT2D eigenvalue weighted by atomic mass is 9.78. The highest BCUT2D eigenvalue weighted by Crippen LogP contribution is 2.65. The summed E-state index contributed by atoms with van der Waals surface area (Å²) in [6.45, 7) is 2.18. The summed E-state index contributed by atoms with van der Waals surface area (Å²) < 4.78 is 19.3. The Morgan fingerprint density at radius 3 is 2.66 bits per heavy atom. The quantitative estimate of drug-likeness (QED) is 0.271. The van der Waals surface area contributed by atoms with Gasteiger partial charge in [-0.25, -0.2) is 0 Å². The zero-order chi connectivity index (χ0) is 26.2. The Morgan fingerprint density at radius 2 is 1.84 bits per heavy atom. The fraction of sp³-hybridized carbons (Fsp3) is 0.241. The van der Waals surface area contributed by atoms with E-state index in [4.69, 9.17) is 25.6 Å². The van der Waals surface area contributed by atoms with Crippen LogP contribution in [0.15, 0.2) is 59.1 Å². The van der Waals surface area contributed by atoms with Crippen molar-refractivity contribution in [3.63, 3.8) is 0 Å². The van der Waals surface area contributed by atoms with E-state index in [1.165, 1.54) is 4.57 Å². The van der Waals surface area contributed by atoms with Crippen molar-refractivity contribution in [2.45, 2.75) is 37.4 Å². The maximum Gasteiger partial charge on any atom is 0.262 e. The van der Waals surface area contributed by atoms with Crippen molar-refractivity contribution in [1.82, 2.24) is 9.72 Å². The van der Waals surface area contributed by atoms with Gasteiger partial charge in [-0.05, 0) is 55.3 Å². The van der Waals surface area contributed by atoms with Crippen LogP contribution < -0.4 is 4.74 Å². The van der Waals surface area contributed by atoms with E-state index in [0.717, 1.165) is 10.8 Å². The highest BCUT2D eigenvalue weighted by molar-refractivity contribution is 6.31. The number of nitrogens with zero attached hydrogens (tertiary/aromatic N) is 3. The van der Waals surface area contributed by atoms with Gasteiger partial charge < -0.3 is 24.2 Å². The summed E-state index contributed by atoms with van der Waals surface area (Å²) >= 11 is 6.13. The second-order valence-electron chi connectivity index (χ2n) is 10.1. The molecule has 190 valence electrons. The van der Waals surface area contributed by atoms with Crippen LogP contribution in [-0.2, 0) is 15.9 Å². The molecular weight excluding hydrogens is 506 g/mol. The van der Waals surface area contributed by atoms with Gasteiger partial charge in [0.2, 0.25) is 11.8 Å². The fourth-order valence-corrected chi connectivity index (χ4v) is 6.39. The van der Waals surface area contributed by atoms with Gasteiger partial charge in [-0.15, -0.1) is 0 Å². The standard InChI is InChI=1S/C29H22ClN3O5/c1-28-10-11-29(38-28,12-13-36-25-20-14-17(30)7-9-22(20)37-32-25)24-23(28)26(34)33(27(24)35)21-8-6-16(15-31)18-4-2-3-5-19(18)21/h2-9,14,34-35H,10-13H2,1H3/t28-,29-/m1/s1. The molecule has 8 nitrogen and oxygen atoms in total. The first-order valence-electron chi connectivity index (χ1n) is 12.3. The van der Waals surface area contributed by atoms with Gasteiger partial charge in [-0.3, -0.25) is 4.57 Å². The normalized spacial score (nSPS) is 21.7. The summed E-state index contributed by atoms with van der Waals surface area (Å²) in [4.78, 5) is 0. The SMILES string of the molecule is C[C@]12CC[C@](CCOc3noc4ccc(Cl)cc34)(O1)c1c2c(O)n(-c2ccc(C#N)c3ccccc23)c1O. The molecule has 2 aliphatic rings. The van der Waals surface area contributed by atoms with Gasteiger partial charge in [0.05, 0.1) is 46.0 Å². The third-order valence-electron chi connectivity index (χ3n) is 7.94. The van der Waals surface area contributed by atoms with Crippen LogP contribution >= 0.6 is 11.6 Å². The summed E-state index contributed by atoms with van der Waals surface area (Å²) in [7, 11) is 0. The Kier molecular flexibility index (Phi) is 4.78.